The Morgan fingerprint density at radius 2 is 2.14 bits per heavy atom. The van der Waals surface area contributed by atoms with Gasteiger partial charge in [0.05, 0.1) is 6.10 Å². The number of amides is 1. The van der Waals surface area contributed by atoms with Gasteiger partial charge in [-0.2, -0.15) is 0 Å². The second kappa shape index (κ2) is 5.39. The van der Waals surface area contributed by atoms with E-state index >= 15 is 0 Å². The highest BCUT2D eigenvalue weighted by Crippen LogP contribution is 2.50. The number of nitrogens with two attached hydrogens (primary N) is 1. The van der Waals surface area contributed by atoms with E-state index in [9.17, 15) is 4.79 Å². The van der Waals surface area contributed by atoms with Crippen LogP contribution in [0.25, 0.3) is 0 Å². The number of hydrogen-bond acceptors (Lipinski definition) is 4. The van der Waals surface area contributed by atoms with Crippen LogP contribution in [0.1, 0.15) is 38.4 Å². The highest BCUT2D eigenvalue weighted by atomic mass is 16.5. The SMILES string of the molecule is CCOC1CC(N)(C(=O)Nc2cc(C)cc(C)n2)C1(C)C. The van der Waals surface area contributed by atoms with Crippen molar-refractivity contribution in [2.45, 2.75) is 52.7 Å². The van der Waals surface area contributed by atoms with Crippen molar-refractivity contribution in [1.29, 1.82) is 0 Å². The van der Waals surface area contributed by atoms with Crippen molar-refractivity contribution in [3.63, 3.8) is 0 Å². The molecule has 0 saturated heterocycles. The lowest BCUT2D eigenvalue weighted by molar-refractivity contribution is -0.166. The largest absolute Gasteiger partial charge is 0.378 e. The first kappa shape index (κ1) is 15.9. The maximum Gasteiger partial charge on any atom is 0.246 e. The molecule has 21 heavy (non-hydrogen) atoms. The van der Waals surface area contributed by atoms with Crippen LogP contribution >= 0.6 is 0 Å². The fraction of sp³-hybridized carbons (Fsp3) is 0.625. The molecule has 0 spiro atoms. The van der Waals surface area contributed by atoms with Crippen LogP contribution in [0.3, 0.4) is 0 Å². The molecule has 0 aliphatic heterocycles. The molecule has 1 aliphatic rings. The van der Waals surface area contributed by atoms with Gasteiger partial charge in [0, 0.05) is 24.1 Å². The number of carbonyl (C=O) groups is 1. The summed E-state index contributed by atoms with van der Waals surface area (Å²) in [5.74, 6) is 0.360. The van der Waals surface area contributed by atoms with E-state index in [4.69, 9.17) is 10.5 Å². The van der Waals surface area contributed by atoms with Crippen molar-refractivity contribution >= 4 is 11.7 Å². The summed E-state index contributed by atoms with van der Waals surface area (Å²) in [5.41, 5.74) is 6.96. The second-order valence-electron chi connectivity index (χ2n) is 6.47. The summed E-state index contributed by atoms with van der Waals surface area (Å²) in [6.45, 7) is 10.4. The third-order valence-electron chi connectivity index (χ3n) is 4.57. The number of aromatic nitrogens is 1. The van der Waals surface area contributed by atoms with Gasteiger partial charge in [0.2, 0.25) is 5.91 Å². The number of anilines is 1. The quantitative estimate of drug-likeness (QED) is 0.891. The molecular weight excluding hydrogens is 266 g/mol. The molecule has 1 aromatic heterocycles. The van der Waals surface area contributed by atoms with Crippen molar-refractivity contribution in [3.8, 4) is 0 Å². The summed E-state index contributed by atoms with van der Waals surface area (Å²) in [7, 11) is 0. The number of nitrogens with one attached hydrogen (secondary N) is 1. The normalized spacial score (nSPS) is 27.0. The summed E-state index contributed by atoms with van der Waals surface area (Å²) in [4.78, 5) is 16.9. The van der Waals surface area contributed by atoms with Crippen LogP contribution in [-0.4, -0.2) is 29.1 Å². The van der Waals surface area contributed by atoms with Gasteiger partial charge in [-0.05, 0) is 38.5 Å². The predicted molar refractivity (Wildman–Crippen MR) is 83.1 cm³/mol. The van der Waals surface area contributed by atoms with Gasteiger partial charge in [-0.1, -0.05) is 13.8 Å². The lowest BCUT2D eigenvalue weighted by Gasteiger charge is -2.57. The molecule has 2 atom stereocenters. The Labute approximate surface area is 126 Å². The zero-order valence-corrected chi connectivity index (χ0v) is 13.5. The van der Waals surface area contributed by atoms with Crippen LogP contribution in [-0.2, 0) is 9.53 Å². The molecule has 1 amide bonds. The summed E-state index contributed by atoms with van der Waals surface area (Å²) in [6.07, 6.45) is 0.551. The molecule has 5 nitrogen and oxygen atoms in total. The van der Waals surface area contributed by atoms with E-state index in [2.05, 4.69) is 10.3 Å². The van der Waals surface area contributed by atoms with Gasteiger partial charge < -0.3 is 15.8 Å². The lowest BCUT2D eigenvalue weighted by Crippen LogP contribution is -2.74. The molecule has 1 aliphatic carbocycles. The fourth-order valence-corrected chi connectivity index (χ4v) is 2.95. The predicted octanol–water partition coefficient (Wildman–Crippen LogP) is 2.17. The van der Waals surface area contributed by atoms with E-state index in [0.717, 1.165) is 11.3 Å². The molecule has 1 saturated carbocycles. The molecule has 0 aromatic carbocycles. The van der Waals surface area contributed by atoms with Crippen molar-refractivity contribution in [3.05, 3.63) is 23.4 Å². The van der Waals surface area contributed by atoms with E-state index in [-0.39, 0.29) is 12.0 Å². The molecule has 1 aromatic rings. The van der Waals surface area contributed by atoms with Gasteiger partial charge in [-0.25, -0.2) is 4.98 Å². The van der Waals surface area contributed by atoms with Crippen molar-refractivity contribution in [2.24, 2.45) is 11.1 Å². The van der Waals surface area contributed by atoms with Crippen LogP contribution in [0.2, 0.25) is 0 Å². The third-order valence-corrected chi connectivity index (χ3v) is 4.57. The number of pyridine rings is 1. The minimum absolute atomic E-state index is 0.0189. The Morgan fingerprint density at radius 1 is 1.48 bits per heavy atom. The molecule has 1 fully saturated rings. The smallest absolute Gasteiger partial charge is 0.246 e. The Kier molecular flexibility index (Phi) is 4.08. The summed E-state index contributed by atoms with van der Waals surface area (Å²) in [5, 5.41) is 2.85. The van der Waals surface area contributed by atoms with Gasteiger partial charge >= 0.3 is 0 Å². The number of carbonyl (C=O) groups excluding carboxylic acids is 1. The summed E-state index contributed by atoms with van der Waals surface area (Å²) in [6, 6.07) is 3.81. The third kappa shape index (κ3) is 2.68. The first-order valence-corrected chi connectivity index (χ1v) is 7.38. The number of nitrogens with zero attached hydrogens (tertiary/aromatic N) is 1. The lowest BCUT2D eigenvalue weighted by atomic mass is 9.54. The molecule has 2 unspecified atom stereocenters. The van der Waals surface area contributed by atoms with E-state index in [1.165, 1.54) is 0 Å². The topological polar surface area (TPSA) is 77.2 Å². The van der Waals surface area contributed by atoms with E-state index < -0.39 is 11.0 Å². The van der Waals surface area contributed by atoms with Gasteiger partial charge in [-0.3, -0.25) is 4.79 Å². The standard InChI is InChI=1S/C16H25N3O2/c1-6-21-12-9-16(17,15(12,4)5)14(20)19-13-8-10(2)7-11(3)18-13/h7-8,12H,6,9,17H2,1-5H3,(H,18,19,20). The van der Waals surface area contributed by atoms with Gasteiger partial charge in [-0.15, -0.1) is 0 Å². The maximum absolute atomic E-state index is 12.6. The van der Waals surface area contributed by atoms with E-state index in [1.54, 1.807) is 0 Å². The zero-order chi connectivity index (χ0) is 15.8. The maximum atomic E-state index is 12.6. The molecule has 1 heterocycles. The van der Waals surface area contributed by atoms with Crippen LogP contribution < -0.4 is 11.1 Å². The molecule has 0 radical (unpaired) electrons. The first-order valence-electron chi connectivity index (χ1n) is 7.38. The summed E-state index contributed by atoms with van der Waals surface area (Å²) < 4.78 is 5.65. The molecule has 0 bridgehead atoms. The Morgan fingerprint density at radius 3 is 2.67 bits per heavy atom. The average molecular weight is 291 g/mol. The Balaban J connectivity index is 2.14. The van der Waals surface area contributed by atoms with E-state index in [0.29, 0.717) is 18.8 Å². The molecular formula is C16H25N3O2. The number of rotatable bonds is 4. The van der Waals surface area contributed by atoms with Crippen LogP contribution in [0, 0.1) is 19.3 Å². The van der Waals surface area contributed by atoms with Crippen molar-refractivity contribution < 1.29 is 9.53 Å². The average Bonchev–Trinajstić information content (AvgIpc) is 2.36. The molecule has 5 heteroatoms. The highest BCUT2D eigenvalue weighted by molar-refractivity contribution is 5.99. The summed E-state index contributed by atoms with van der Waals surface area (Å²) >= 11 is 0. The number of aryl methyl sites for hydroxylation is 2. The minimum Gasteiger partial charge on any atom is -0.378 e. The van der Waals surface area contributed by atoms with Gasteiger partial charge in [0.1, 0.15) is 11.4 Å². The van der Waals surface area contributed by atoms with Crippen LogP contribution in [0.15, 0.2) is 12.1 Å². The Hall–Kier alpha value is -1.46. The van der Waals surface area contributed by atoms with Gasteiger partial charge in [0.15, 0.2) is 0 Å². The van der Waals surface area contributed by atoms with Gasteiger partial charge in [0.25, 0.3) is 0 Å². The van der Waals surface area contributed by atoms with Crippen LogP contribution in [0.5, 0.6) is 0 Å². The highest BCUT2D eigenvalue weighted by Gasteiger charge is 2.62. The first-order chi connectivity index (χ1) is 9.70. The van der Waals surface area contributed by atoms with Crippen LogP contribution in [0.4, 0.5) is 5.82 Å². The van der Waals surface area contributed by atoms with Crippen molar-refractivity contribution in [1.82, 2.24) is 4.98 Å². The second-order valence-corrected chi connectivity index (χ2v) is 6.47. The number of ether oxygens (including phenoxy) is 1. The minimum atomic E-state index is -0.924. The monoisotopic (exact) mass is 291 g/mol. The Bertz CT molecular complexity index is 536. The molecule has 116 valence electrons. The van der Waals surface area contributed by atoms with Crippen molar-refractivity contribution in [2.75, 3.05) is 11.9 Å². The van der Waals surface area contributed by atoms with E-state index in [1.807, 2.05) is 46.8 Å². The number of hydrogen-bond donors (Lipinski definition) is 2. The molecule has 2 rings (SSSR count). The molecule has 3 N–H and O–H groups in total. The zero-order valence-electron chi connectivity index (χ0n) is 13.5. The fourth-order valence-electron chi connectivity index (χ4n) is 2.95.